The summed E-state index contributed by atoms with van der Waals surface area (Å²) in [5.41, 5.74) is 1.94. The Kier molecular flexibility index (Phi) is 6.28. The lowest BCUT2D eigenvalue weighted by Gasteiger charge is -2.14. The van der Waals surface area contributed by atoms with Gasteiger partial charge in [0.15, 0.2) is 0 Å². The lowest BCUT2D eigenvalue weighted by atomic mass is 10.2. The fourth-order valence-electron chi connectivity index (χ4n) is 3.45. The summed E-state index contributed by atoms with van der Waals surface area (Å²) in [6.45, 7) is 3.94. The summed E-state index contributed by atoms with van der Waals surface area (Å²) in [5, 5.41) is 9.38. The third kappa shape index (κ3) is 4.52. The zero-order chi connectivity index (χ0) is 20.1. The third-order valence-corrected chi connectivity index (χ3v) is 5.81. The fourth-order valence-corrected chi connectivity index (χ4v) is 4.15. The van der Waals surface area contributed by atoms with Gasteiger partial charge in [-0.3, -0.25) is 4.79 Å². The van der Waals surface area contributed by atoms with E-state index in [1.54, 1.807) is 35.5 Å². The van der Waals surface area contributed by atoms with Crippen molar-refractivity contribution in [2.75, 3.05) is 33.3 Å². The topological polar surface area (TPSA) is 85.2 Å². The number of nitrogens with zero attached hydrogens (tertiary/aromatic N) is 5. The van der Waals surface area contributed by atoms with Gasteiger partial charge in [0, 0.05) is 26.4 Å². The Labute approximate surface area is 173 Å². The first-order valence-corrected chi connectivity index (χ1v) is 10.6. The SMILES string of the molecule is COCc1c(C(=O)NCCN2CCCC2)cnn1-c1nccc(-c2cccs2)n1. The van der Waals surface area contributed by atoms with Gasteiger partial charge in [0.1, 0.15) is 0 Å². The van der Waals surface area contributed by atoms with Crippen molar-refractivity contribution in [1.29, 1.82) is 0 Å². The second-order valence-electron chi connectivity index (χ2n) is 6.87. The summed E-state index contributed by atoms with van der Waals surface area (Å²) < 4.78 is 6.90. The number of thiophene rings is 1. The number of hydrogen-bond donors (Lipinski definition) is 1. The Balaban J connectivity index is 1.53. The smallest absolute Gasteiger partial charge is 0.254 e. The maximum atomic E-state index is 12.7. The number of methoxy groups -OCH3 is 1. The van der Waals surface area contributed by atoms with Crippen molar-refractivity contribution in [2.24, 2.45) is 0 Å². The quantitative estimate of drug-likeness (QED) is 0.611. The van der Waals surface area contributed by atoms with E-state index < -0.39 is 0 Å². The van der Waals surface area contributed by atoms with E-state index in [-0.39, 0.29) is 12.5 Å². The first kappa shape index (κ1) is 19.7. The summed E-state index contributed by atoms with van der Waals surface area (Å²) in [7, 11) is 1.59. The van der Waals surface area contributed by atoms with Crippen LogP contribution in [0.1, 0.15) is 28.9 Å². The average Bonchev–Trinajstić information content (AvgIpc) is 3.50. The normalized spacial score (nSPS) is 14.4. The molecular weight excluding hydrogens is 388 g/mol. The van der Waals surface area contributed by atoms with Crippen LogP contribution in [0.15, 0.2) is 36.0 Å². The zero-order valence-corrected chi connectivity index (χ0v) is 17.2. The molecule has 0 atom stereocenters. The molecule has 8 nitrogen and oxygen atoms in total. The Morgan fingerprint density at radius 2 is 2.17 bits per heavy atom. The van der Waals surface area contributed by atoms with Gasteiger partial charge in [-0.1, -0.05) is 6.07 Å². The summed E-state index contributed by atoms with van der Waals surface area (Å²) in [6, 6.07) is 5.85. The number of hydrogen-bond acceptors (Lipinski definition) is 7. The van der Waals surface area contributed by atoms with Crippen molar-refractivity contribution in [3.63, 3.8) is 0 Å². The molecule has 0 spiro atoms. The van der Waals surface area contributed by atoms with E-state index in [2.05, 4.69) is 25.3 Å². The van der Waals surface area contributed by atoms with Gasteiger partial charge >= 0.3 is 0 Å². The Bertz CT molecular complexity index is 950. The van der Waals surface area contributed by atoms with E-state index in [9.17, 15) is 4.79 Å². The van der Waals surface area contributed by atoms with Gasteiger partial charge in [-0.2, -0.15) is 9.78 Å². The molecule has 1 aliphatic rings. The van der Waals surface area contributed by atoms with Crippen LogP contribution in [0.2, 0.25) is 0 Å². The van der Waals surface area contributed by atoms with E-state index in [0.717, 1.165) is 30.2 Å². The highest BCUT2D eigenvalue weighted by atomic mass is 32.1. The molecular formula is C20H24N6O2S. The van der Waals surface area contributed by atoms with Crippen molar-refractivity contribution < 1.29 is 9.53 Å². The molecule has 4 rings (SSSR count). The second kappa shape index (κ2) is 9.25. The Morgan fingerprint density at radius 3 is 2.93 bits per heavy atom. The average molecular weight is 413 g/mol. The van der Waals surface area contributed by atoms with E-state index in [0.29, 0.717) is 23.8 Å². The number of ether oxygens (including phenoxy) is 1. The first-order chi connectivity index (χ1) is 14.3. The molecule has 1 amide bonds. The maximum Gasteiger partial charge on any atom is 0.254 e. The van der Waals surface area contributed by atoms with Crippen LogP contribution in [-0.4, -0.2) is 63.8 Å². The number of amides is 1. The fraction of sp³-hybridized carbons (Fsp3) is 0.400. The van der Waals surface area contributed by atoms with Crippen LogP contribution in [0.4, 0.5) is 0 Å². The number of carbonyl (C=O) groups excluding carboxylic acids is 1. The zero-order valence-electron chi connectivity index (χ0n) is 16.4. The molecule has 0 aliphatic carbocycles. The van der Waals surface area contributed by atoms with E-state index in [1.165, 1.54) is 12.8 Å². The monoisotopic (exact) mass is 412 g/mol. The summed E-state index contributed by atoms with van der Waals surface area (Å²) >= 11 is 1.61. The predicted molar refractivity (Wildman–Crippen MR) is 111 cm³/mol. The minimum Gasteiger partial charge on any atom is -0.378 e. The van der Waals surface area contributed by atoms with Crippen LogP contribution in [0.5, 0.6) is 0 Å². The van der Waals surface area contributed by atoms with Crippen LogP contribution in [0.25, 0.3) is 16.5 Å². The van der Waals surface area contributed by atoms with Crippen LogP contribution >= 0.6 is 11.3 Å². The number of likely N-dealkylation sites (tertiary alicyclic amines) is 1. The molecule has 29 heavy (non-hydrogen) atoms. The molecule has 152 valence electrons. The predicted octanol–water partition coefficient (Wildman–Crippen LogP) is 2.36. The van der Waals surface area contributed by atoms with Crippen LogP contribution in [0.3, 0.4) is 0 Å². The molecule has 1 fully saturated rings. The van der Waals surface area contributed by atoms with Gasteiger partial charge in [-0.15, -0.1) is 11.3 Å². The number of aromatic nitrogens is 4. The molecule has 1 saturated heterocycles. The van der Waals surface area contributed by atoms with Crippen molar-refractivity contribution in [3.8, 4) is 16.5 Å². The Hall–Kier alpha value is -2.62. The van der Waals surface area contributed by atoms with Gasteiger partial charge in [-0.05, 0) is 43.4 Å². The van der Waals surface area contributed by atoms with Crippen LogP contribution in [0, 0.1) is 0 Å². The molecule has 3 aromatic heterocycles. The molecule has 4 heterocycles. The molecule has 0 bridgehead atoms. The number of carbonyl (C=O) groups is 1. The summed E-state index contributed by atoms with van der Waals surface area (Å²) in [5.74, 6) is 0.260. The minimum absolute atomic E-state index is 0.156. The molecule has 1 N–H and O–H groups in total. The lowest BCUT2D eigenvalue weighted by Crippen LogP contribution is -2.33. The van der Waals surface area contributed by atoms with Gasteiger partial charge in [0.2, 0.25) is 0 Å². The van der Waals surface area contributed by atoms with Crippen molar-refractivity contribution in [1.82, 2.24) is 30.0 Å². The molecule has 1 aliphatic heterocycles. The van der Waals surface area contributed by atoms with Gasteiger partial charge in [0.05, 0.1) is 34.6 Å². The highest BCUT2D eigenvalue weighted by molar-refractivity contribution is 7.13. The second-order valence-corrected chi connectivity index (χ2v) is 7.82. The first-order valence-electron chi connectivity index (χ1n) is 9.70. The third-order valence-electron chi connectivity index (χ3n) is 4.91. The lowest BCUT2D eigenvalue weighted by molar-refractivity contribution is 0.0944. The standard InChI is InChI=1S/C20H24N6O2S/c1-28-14-17-15(19(27)21-8-11-25-9-2-3-10-25)13-23-26(17)20-22-7-6-16(24-20)18-5-4-12-29-18/h4-7,12-13H,2-3,8-11,14H2,1H3,(H,21,27). The number of rotatable bonds is 8. The molecule has 0 unspecified atom stereocenters. The highest BCUT2D eigenvalue weighted by Crippen LogP contribution is 2.23. The van der Waals surface area contributed by atoms with Crippen molar-refractivity contribution in [2.45, 2.75) is 19.4 Å². The van der Waals surface area contributed by atoms with Crippen LogP contribution in [-0.2, 0) is 11.3 Å². The number of nitrogens with one attached hydrogen (secondary N) is 1. The van der Waals surface area contributed by atoms with E-state index >= 15 is 0 Å². The van der Waals surface area contributed by atoms with Crippen LogP contribution < -0.4 is 5.32 Å². The highest BCUT2D eigenvalue weighted by Gasteiger charge is 2.20. The van der Waals surface area contributed by atoms with E-state index in [4.69, 9.17) is 4.74 Å². The molecule has 9 heteroatoms. The Morgan fingerprint density at radius 1 is 1.31 bits per heavy atom. The molecule has 0 radical (unpaired) electrons. The molecule has 0 saturated carbocycles. The largest absolute Gasteiger partial charge is 0.378 e. The maximum absolute atomic E-state index is 12.7. The van der Waals surface area contributed by atoms with Gasteiger partial charge in [-0.25, -0.2) is 9.97 Å². The molecule has 0 aromatic carbocycles. The van der Waals surface area contributed by atoms with E-state index in [1.807, 2.05) is 23.6 Å². The van der Waals surface area contributed by atoms with Crippen molar-refractivity contribution in [3.05, 3.63) is 47.2 Å². The van der Waals surface area contributed by atoms with Crippen molar-refractivity contribution >= 4 is 17.2 Å². The summed E-state index contributed by atoms with van der Waals surface area (Å²) in [6.07, 6.45) is 5.73. The summed E-state index contributed by atoms with van der Waals surface area (Å²) in [4.78, 5) is 25.1. The minimum atomic E-state index is -0.156. The molecule has 3 aromatic rings. The van der Waals surface area contributed by atoms with Gasteiger partial charge < -0.3 is 15.0 Å². The van der Waals surface area contributed by atoms with Gasteiger partial charge in [0.25, 0.3) is 11.9 Å².